The van der Waals surface area contributed by atoms with Gasteiger partial charge in [-0.25, -0.2) is 4.98 Å². The number of aryl methyl sites for hydroxylation is 1. The van der Waals surface area contributed by atoms with Crippen LogP contribution in [0.2, 0.25) is 5.02 Å². The molecule has 112 valence electrons. The van der Waals surface area contributed by atoms with Crippen molar-refractivity contribution in [2.75, 3.05) is 4.72 Å². The number of nitrogens with one attached hydrogen (secondary N) is 1. The summed E-state index contributed by atoms with van der Waals surface area (Å²) in [6, 6.07) is 10.2. The van der Waals surface area contributed by atoms with Gasteiger partial charge in [-0.1, -0.05) is 29.8 Å². The zero-order valence-electron chi connectivity index (χ0n) is 11.6. The van der Waals surface area contributed by atoms with Gasteiger partial charge in [0.2, 0.25) is 0 Å². The predicted molar refractivity (Wildman–Crippen MR) is 86.5 cm³/mol. The van der Waals surface area contributed by atoms with Crippen LogP contribution in [-0.4, -0.2) is 18.4 Å². The molecule has 0 bridgehead atoms. The van der Waals surface area contributed by atoms with Gasteiger partial charge in [0, 0.05) is 17.8 Å². The molecule has 0 fully saturated rings. The highest BCUT2D eigenvalue weighted by atomic mass is 35.5. The highest BCUT2D eigenvalue weighted by Gasteiger charge is 2.19. The van der Waals surface area contributed by atoms with Crippen LogP contribution in [0.4, 0.5) is 5.69 Å². The summed E-state index contributed by atoms with van der Waals surface area (Å²) in [7, 11) is -3.83. The number of sulfonamides is 1. The van der Waals surface area contributed by atoms with Crippen molar-refractivity contribution in [3.8, 4) is 0 Å². The summed E-state index contributed by atoms with van der Waals surface area (Å²) in [6.07, 6.45) is 3.08. The fourth-order valence-corrected chi connectivity index (χ4v) is 3.29. The molecule has 3 aromatic rings. The van der Waals surface area contributed by atoms with E-state index < -0.39 is 10.0 Å². The van der Waals surface area contributed by atoms with Crippen LogP contribution < -0.4 is 4.72 Å². The minimum Gasteiger partial charge on any atom is -0.275 e. The highest BCUT2D eigenvalue weighted by Crippen LogP contribution is 2.31. The van der Waals surface area contributed by atoms with Crippen molar-refractivity contribution in [3.05, 3.63) is 59.4 Å². The van der Waals surface area contributed by atoms with Crippen molar-refractivity contribution in [1.82, 2.24) is 9.97 Å². The van der Waals surface area contributed by atoms with Gasteiger partial charge in [-0.3, -0.25) is 9.71 Å². The third-order valence-electron chi connectivity index (χ3n) is 3.12. The van der Waals surface area contributed by atoms with Gasteiger partial charge in [0.25, 0.3) is 10.0 Å². The first kappa shape index (κ1) is 14.7. The molecule has 2 heterocycles. The van der Waals surface area contributed by atoms with E-state index in [0.29, 0.717) is 5.52 Å². The van der Waals surface area contributed by atoms with Crippen LogP contribution in [0.1, 0.15) is 5.56 Å². The van der Waals surface area contributed by atoms with Crippen LogP contribution in [0.25, 0.3) is 10.9 Å². The molecule has 1 N–H and O–H groups in total. The average Bonchev–Trinajstić information content (AvgIpc) is 2.50. The van der Waals surface area contributed by atoms with E-state index in [4.69, 9.17) is 11.6 Å². The fourth-order valence-electron chi connectivity index (χ4n) is 2.02. The summed E-state index contributed by atoms with van der Waals surface area (Å²) in [5.74, 6) is 0. The molecule has 5 nitrogen and oxygen atoms in total. The van der Waals surface area contributed by atoms with E-state index in [1.54, 1.807) is 30.5 Å². The third-order valence-corrected chi connectivity index (χ3v) is 4.70. The predicted octanol–water partition coefficient (Wildman–Crippen LogP) is 3.39. The Labute approximate surface area is 133 Å². The molecule has 0 aliphatic heterocycles. The summed E-state index contributed by atoms with van der Waals surface area (Å²) < 4.78 is 27.4. The molecule has 3 rings (SSSR count). The minimum absolute atomic E-state index is 0.0675. The third kappa shape index (κ3) is 2.75. The quantitative estimate of drug-likeness (QED) is 0.797. The fraction of sp³-hybridized carbons (Fsp3) is 0.0667. The molecule has 22 heavy (non-hydrogen) atoms. The summed E-state index contributed by atoms with van der Waals surface area (Å²) in [5.41, 5.74) is 1.62. The van der Waals surface area contributed by atoms with E-state index in [1.807, 2.05) is 13.0 Å². The lowest BCUT2D eigenvalue weighted by atomic mass is 10.2. The van der Waals surface area contributed by atoms with Crippen LogP contribution >= 0.6 is 11.6 Å². The van der Waals surface area contributed by atoms with Gasteiger partial charge in [-0.2, -0.15) is 8.42 Å². The van der Waals surface area contributed by atoms with Crippen molar-refractivity contribution in [3.63, 3.8) is 0 Å². The second-order valence-electron chi connectivity index (χ2n) is 4.78. The first-order valence-electron chi connectivity index (χ1n) is 6.46. The second-order valence-corrected chi connectivity index (χ2v) is 6.81. The van der Waals surface area contributed by atoms with Gasteiger partial charge in [0.15, 0.2) is 5.03 Å². The summed E-state index contributed by atoms with van der Waals surface area (Å²) in [6.45, 7) is 1.84. The zero-order chi connectivity index (χ0) is 15.7. The average molecular weight is 334 g/mol. The van der Waals surface area contributed by atoms with E-state index in [1.165, 1.54) is 12.3 Å². The van der Waals surface area contributed by atoms with Gasteiger partial charge >= 0.3 is 0 Å². The summed E-state index contributed by atoms with van der Waals surface area (Å²) in [4.78, 5) is 8.14. The van der Waals surface area contributed by atoms with Gasteiger partial charge in [-0.15, -0.1) is 0 Å². The van der Waals surface area contributed by atoms with E-state index in [0.717, 1.165) is 10.9 Å². The van der Waals surface area contributed by atoms with Crippen LogP contribution in [0.5, 0.6) is 0 Å². The topological polar surface area (TPSA) is 72.0 Å². The first-order valence-corrected chi connectivity index (χ1v) is 8.32. The monoisotopic (exact) mass is 333 g/mol. The molecule has 0 spiro atoms. The van der Waals surface area contributed by atoms with Crippen molar-refractivity contribution in [2.24, 2.45) is 0 Å². The van der Waals surface area contributed by atoms with E-state index in [-0.39, 0.29) is 15.7 Å². The maximum absolute atomic E-state index is 12.4. The molecule has 0 radical (unpaired) electrons. The lowest BCUT2D eigenvalue weighted by molar-refractivity contribution is 0.597. The molecule has 0 unspecified atom stereocenters. The van der Waals surface area contributed by atoms with Crippen LogP contribution in [-0.2, 0) is 10.0 Å². The smallest absolute Gasteiger partial charge is 0.275 e. The lowest BCUT2D eigenvalue weighted by Gasteiger charge is -2.11. The van der Waals surface area contributed by atoms with E-state index in [9.17, 15) is 8.42 Å². The number of hydrogen-bond donors (Lipinski definition) is 1. The maximum atomic E-state index is 12.4. The van der Waals surface area contributed by atoms with E-state index >= 15 is 0 Å². The Morgan fingerprint density at radius 2 is 1.91 bits per heavy atom. The summed E-state index contributed by atoms with van der Waals surface area (Å²) in [5, 5.41) is 1.01. The number of pyridine rings is 2. The minimum atomic E-state index is -3.83. The Hall–Kier alpha value is -2.18. The number of halogens is 1. The number of anilines is 1. The van der Waals surface area contributed by atoms with Crippen LogP contribution in [0.3, 0.4) is 0 Å². The Balaban J connectivity index is 2.09. The number of aromatic nitrogens is 2. The standard InChI is InChI=1S/C15H12ClN3O2S/c1-10-4-7-13(18-9-10)22(20,21)19-15-12(16)6-5-11-3-2-8-17-14(11)15/h2-9,19H,1H3. The SMILES string of the molecule is Cc1ccc(S(=O)(=O)Nc2c(Cl)ccc3cccnc23)nc1. The number of hydrogen-bond acceptors (Lipinski definition) is 4. The van der Waals surface area contributed by atoms with Gasteiger partial charge in [-0.05, 0) is 30.7 Å². The number of rotatable bonds is 3. The maximum Gasteiger partial charge on any atom is 0.279 e. The summed E-state index contributed by atoms with van der Waals surface area (Å²) >= 11 is 6.13. The van der Waals surface area contributed by atoms with Gasteiger partial charge < -0.3 is 0 Å². The number of fused-ring (bicyclic) bond motifs is 1. The highest BCUT2D eigenvalue weighted by molar-refractivity contribution is 7.92. The molecule has 0 saturated carbocycles. The number of benzene rings is 1. The largest absolute Gasteiger partial charge is 0.279 e. The second kappa shape index (κ2) is 5.55. The van der Waals surface area contributed by atoms with Crippen molar-refractivity contribution < 1.29 is 8.42 Å². The number of nitrogens with zero attached hydrogens (tertiary/aromatic N) is 2. The lowest BCUT2D eigenvalue weighted by Crippen LogP contribution is -2.15. The van der Waals surface area contributed by atoms with Gasteiger partial charge in [0.1, 0.15) is 0 Å². The van der Waals surface area contributed by atoms with Crippen LogP contribution in [0.15, 0.2) is 53.8 Å². The van der Waals surface area contributed by atoms with E-state index in [2.05, 4.69) is 14.7 Å². The Kier molecular flexibility index (Phi) is 3.72. The van der Waals surface area contributed by atoms with Crippen LogP contribution in [0, 0.1) is 6.92 Å². The first-order chi connectivity index (χ1) is 10.5. The van der Waals surface area contributed by atoms with Gasteiger partial charge in [0.05, 0.1) is 16.2 Å². The molecule has 2 aromatic heterocycles. The zero-order valence-corrected chi connectivity index (χ0v) is 13.2. The Morgan fingerprint density at radius 1 is 1.09 bits per heavy atom. The Morgan fingerprint density at radius 3 is 2.64 bits per heavy atom. The molecular formula is C15H12ClN3O2S. The molecule has 0 aliphatic carbocycles. The van der Waals surface area contributed by atoms with Crippen molar-refractivity contribution in [1.29, 1.82) is 0 Å². The Bertz CT molecular complexity index is 941. The van der Waals surface area contributed by atoms with Crippen molar-refractivity contribution in [2.45, 2.75) is 11.9 Å². The molecular weight excluding hydrogens is 322 g/mol. The molecule has 7 heteroatoms. The molecule has 1 aromatic carbocycles. The molecule has 0 saturated heterocycles. The molecule has 0 atom stereocenters. The normalized spacial score (nSPS) is 11.5. The molecule has 0 amide bonds. The molecule has 0 aliphatic rings. The van der Waals surface area contributed by atoms with Crippen molar-refractivity contribution >= 4 is 38.2 Å².